The van der Waals surface area contributed by atoms with E-state index in [1.165, 1.54) is 17.8 Å². The smallest absolute Gasteiger partial charge is 0.274 e. The highest BCUT2D eigenvalue weighted by atomic mass is 35.5. The van der Waals surface area contributed by atoms with Gasteiger partial charge in [-0.3, -0.25) is 4.79 Å². The van der Waals surface area contributed by atoms with Gasteiger partial charge < -0.3 is 14.7 Å². The van der Waals surface area contributed by atoms with Crippen molar-refractivity contribution in [2.75, 3.05) is 13.7 Å². The number of phenols is 1. The van der Waals surface area contributed by atoms with E-state index in [4.69, 9.17) is 16.3 Å². The minimum atomic E-state index is -0.167. The maximum Gasteiger partial charge on any atom is 0.274 e. The Labute approximate surface area is 148 Å². The lowest BCUT2D eigenvalue weighted by Crippen LogP contribution is -2.36. The Morgan fingerprint density at radius 2 is 2.16 bits per heavy atom. The van der Waals surface area contributed by atoms with Gasteiger partial charge in [-0.25, -0.2) is 9.50 Å². The van der Waals surface area contributed by atoms with Crippen molar-refractivity contribution in [2.45, 2.75) is 13.0 Å². The van der Waals surface area contributed by atoms with E-state index in [1.807, 2.05) is 0 Å². The summed E-state index contributed by atoms with van der Waals surface area (Å²) >= 11 is 5.90. The Morgan fingerprint density at radius 3 is 2.96 bits per heavy atom. The molecule has 0 aliphatic carbocycles. The van der Waals surface area contributed by atoms with Crippen LogP contribution in [0.15, 0.2) is 30.6 Å². The number of phenolic OH excluding ortho intramolecular Hbond substituents is 1. The van der Waals surface area contributed by atoms with Crippen LogP contribution in [-0.4, -0.2) is 44.2 Å². The predicted octanol–water partition coefficient (Wildman–Crippen LogP) is 2.30. The summed E-state index contributed by atoms with van der Waals surface area (Å²) in [5, 5.41) is 14.6. The van der Waals surface area contributed by atoms with Crippen LogP contribution in [0.1, 0.15) is 21.6 Å². The molecule has 3 aromatic rings. The second-order valence-corrected chi connectivity index (χ2v) is 6.31. The topological polar surface area (TPSA) is 80.0 Å². The van der Waals surface area contributed by atoms with E-state index < -0.39 is 0 Å². The first-order valence-electron chi connectivity index (χ1n) is 7.74. The Hall–Kier alpha value is -2.80. The highest BCUT2D eigenvalue weighted by molar-refractivity contribution is 6.30. The molecule has 2 aromatic heterocycles. The second-order valence-electron chi connectivity index (χ2n) is 5.87. The molecule has 0 saturated carbocycles. The Balaban J connectivity index is 1.62. The fourth-order valence-electron chi connectivity index (χ4n) is 3.03. The molecule has 8 heteroatoms. The van der Waals surface area contributed by atoms with Crippen LogP contribution in [0.25, 0.3) is 5.65 Å². The van der Waals surface area contributed by atoms with E-state index in [0.29, 0.717) is 41.6 Å². The van der Waals surface area contributed by atoms with Gasteiger partial charge in [0.2, 0.25) is 0 Å². The van der Waals surface area contributed by atoms with Crippen LogP contribution in [0.5, 0.6) is 11.5 Å². The van der Waals surface area contributed by atoms with Crippen LogP contribution < -0.4 is 4.74 Å². The summed E-state index contributed by atoms with van der Waals surface area (Å²) in [6, 6.07) is 5.12. The molecule has 1 N–H and O–H groups in total. The number of rotatable bonds is 2. The number of methoxy groups -OCH3 is 1. The van der Waals surface area contributed by atoms with Crippen molar-refractivity contribution in [3.05, 3.63) is 52.4 Å². The number of nitrogens with zero attached hydrogens (tertiary/aromatic N) is 4. The van der Waals surface area contributed by atoms with Crippen molar-refractivity contribution in [3.63, 3.8) is 0 Å². The molecule has 1 aliphatic rings. The summed E-state index contributed by atoms with van der Waals surface area (Å²) in [5.41, 5.74) is 2.87. The minimum absolute atomic E-state index is 0.115. The molecule has 25 heavy (non-hydrogen) atoms. The minimum Gasteiger partial charge on any atom is -0.504 e. The Kier molecular flexibility index (Phi) is 3.73. The quantitative estimate of drug-likeness (QED) is 0.760. The van der Waals surface area contributed by atoms with Gasteiger partial charge in [0.05, 0.1) is 18.3 Å². The van der Waals surface area contributed by atoms with Crippen molar-refractivity contribution < 1.29 is 14.6 Å². The standard InChI is InChI=1S/C17H15ClN4O3/c1-25-15-5-11-8-21(3-2-10(11)4-14(15)23)17(24)13-6-16-19-7-12(18)9-22(16)20-13/h4-7,9,23H,2-3,8H2,1H3. The molecule has 0 radical (unpaired) electrons. The summed E-state index contributed by atoms with van der Waals surface area (Å²) in [6.07, 6.45) is 3.79. The van der Waals surface area contributed by atoms with Gasteiger partial charge in [0.1, 0.15) is 0 Å². The molecular weight excluding hydrogens is 344 g/mol. The number of hydrogen-bond donors (Lipinski definition) is 1. The van der Waals surface area contributed by atoms with E-state index in [2.05, 4.69) is 10.1 Å². The fourth-order valence-corrected chi connectivity index (χ4v) is 3.17. The molecule has 0 bridgehead atoms. The summed E-state index contributed by atoms with van der Waals surface area (Å²) in [7, 11) is 1.50. The molecule has 1 aliphatic heterocycles. The van der Waals surface area contributed by atoms with Crippen molar-refractivity contribution in [1.29, 1.82) is 0 Å². The normalized spacial score (nSPS) is 13.8. The number of halogens is 1. The third kappa shape index (κ3) is 2.76. The van der Waals surface area contributed by atoms with Gasteiger partial charge >= 0.3 is 0 Å². The molecule has 4 rings (SSSR count). The molecular formula is C17H15ClN4O3. The molecule has 0 atom stereocenters. The van der Waals surface area contributed by atoms with E-state index in [1.54, 1.807) is 29.3 Å². The van der Waals surface area contributed by atoms with Crippen LogP contribution >= 0.6 is 11.6 Å². The Morgan fingerprint density at radius 1 is 1.32 bits per heavy atom. The Bertz CT molecular complexity index is 985. The SMILES string of the molecule is COc1cc2c(cc1O)CCN(C(=O)c1cc3ncc(Cl)cn3n1)C2. The van der Waals surface area contributed by atoms with Gasteiger partial charge in [-0.2, -0.15) is 5.10 Å². The van der Waals surface area contributed by atoms with Crippen LogP contribution in [0.2, 0.25) is 5.02 Å². The number of ether oxygens (including phenoxy) is 1. The number of amides is 1. The number of benzene rings is 1. The summed E-state index contributed by atoms with van der Waals surface area (Å²) in [4.78, 5) is 18.7. The number of aromatic hydroxyl groups is 1. The number of carbonyl (C=O) groups excluding carboxylic acids is 1. The van der Waals surface area contributed by atoms with Gasteiger partial charge in [0.25, 0.3) is 5.91 Å². The lowest BCUT2D eigenvalue weighted by molar-refractivity contribution is 0.0728. The summed E-state index contributed by atoms with van der Waals surface area (Å²) in [6.45, 7) is 0.993. The first kappa shape index (κ1) is 15.7. The fraction of sp³-hybridized carbons (Fsp3) is 0.235. The molecule has 1 amide bonds. The first-order chi connectivity index (χ1) is 12.0. The summed E-state index contributed by atoms with van der Waals surface area (Å²) < 4.78 is 6.65. The molecule has 0 saturated heterocycles. The predicted molar refractivity (Wildman–Crippen MR) is 91.1 cm³/mol. The van der Waals surface area contributed by atoms with Gasteiger partial charge in [0, 0.05) is 25.4 Å². The van der Waals surface area contributed by atoms with E-state index in [0.717, 1.165) is 11.1 Å². The van der Waals surface area contributed by atoms with Crippen LogP contribution in [0.4, 0.5) is 0 Å². The van der Waals surface area contributed by atoms with Crippen LogP contribution in [0.3, 0.4) is 0 Å². The van der Waals surface area contributed by atoms with Gasteiger partial charge in [0.15, 0.2) is 22.8 Å². The number of aromatic nitrogens is 3. The molecule has 3 heterocycles. The largest absolute Gasteiger partial charge is 0.504 e. The molecule has 0 unspecified atom stereocenters. The maximum absolute atomic E-state index is 12.8. The van der Waals surface area contributed by atoms with Crippen molar-refractivity contribution in [3.8, 4) is 11.5 Å². The molecule has 7 nitrogen and oxygen atoms in total. The molecule has 0 spiro atoms. The summed E-state index contributed by atoms with van der Waals surface area (Å²) in [5.74, 6) is 0.350. The lowest BCUT2D eigenvalue weighted by atomic mass is 9.98. The highest BCUT2D eigenvalue weighted by Crippen LogP contribution is 2.32. The third-order valence-corrected chi connectivity index (χ3v) is 4.50. The average Bonchev–Trinajstić information content (AvgIpc) is 3.03. The highest BCUT2D eigenvalue weighted by Gasteiger charge is 2.25. The lowest BCUT2D eigenvalue weighted by Gasteiger charge is -2.28. The molecule has 128 valence electrons. The number of carbonyl (C=O) groups is 1. The third-order valence-electron chi connectivity index (χ3n) is 4.30. The van der Waals surface area contributed by atoms with Gasteiger partial charge in [-0.1, -0.05) is 11.6 Å². The van der Waals surface area contributed by atoms with Gasteiger partial charge in [-0.15, -0.1) is 0 Å². The van der Waals surface area contributed by atoms with E-state index in [9.17, 15) is 9.90 Å². The number of hydrogen-bond acceptors (Lipinski definition) is 5. The molecule has 0 fully saturated rings. The first-order valence-corrected chi connectivity index (χ1v) is 8.12. The van der Waals surface area contributed by atoms with E-state index in [-0.39, 0.29) is 11.7 Å². The number of fused-ring (bicyclic) bond motifs is 2. The zero-order valence-corrected chi connectivity index (χ0v) is 14.2. The molecule has 1 aromatic carbocycles. The van der Waals surface area contributed by atoms with Crippen molar-refractivity contribution >= 4 is 23.2 Å². The van der Waals surface area contributed by atoms with Crippen LogP contribution in [-0.2, 0) is 13.0 Å². The van der Waals surface area contributed by atoms with E-state index >= 15 is 0 Å². The second kappa shape index (κ2) is 5.93. The van der Waals surface area contributed by atoms with Crippen molar-refractivity contribution in [2.24, 2.45) is 0 Å². The zero-order chi connectivity index (χ0) is 17.6. The van der Waals surface area contributed by atoms with Crippen LogP contribution in [0, 0.1) is 0 Å². The zero-order valence-electron chi connectivity index (χ0n) is 13.4. The van der Waals surface area contributed by atoms with Crippen molar-refractivity contribution in [1.82, 2.24) is 19.5 Å². The average molecular weight is 359 g/mol. The maximum atomic E-state index is 12.8. The van der Waals surface area contributed by atoms with Gasteiger partial charge in [-0.05, 0) is 29.7 Å². The monoisotopic (exact) mass is 358 g/mol.